The number of imidazole rings is 1. The van der Waals surface area contributed by atoms with Crippen LogP contribution in [0.15, 0.2) is 18.6 Å². The first kappa shape index (κ1) is 14.2. The topological polar surface area (TPSA) is 40.9 Å². The zero-order chi connectivity index (χ0) is 15.1. The van der Waals surface area contributed by atoms with E-state index in [2.05, 4.69) is 23.7 Å². The number of fused-ring (bicyclic) bond motifs is 1. The minimum absolute atomic E-state index is 0.138. The van der Waals surface area contributed by atoms with Gasteiger partial charge < -0.3 is 9.80 Å². The molecule has 0 atom stereocenters. The summed E-state index contributed by atoms with van der Waals surface area (Å²) in [7, 11) is 1.84. The second-order valence-corrected chi connectivity index (χ2v) is 6.22. The summed E-state index contributed by atoms with van der Waals surface area (Å²) in [6.07, 6.45) is 3.53. The fraction of sp³-hybridized carbons (Fsp3) is 0.467. The molecule has 0 radical (unpaired) electrons. The number of likely N-dealkylation sites (N-methyl/N-ethyl adjacent to an activating group) is 1. The van der Waals surface area contributed by atoms with Gasteiger partial charge in [-0.2, -0.15) is 0 Å². The Morgan fingerprint density at radius 3 is 2.76 bits per heavy atom. The summed E-state index contributed by atoms with van der Waals surface area (Å²) in [5.74, 6) is 1.49. The van der Waals surface area contributed by atoms with Gasteiger partial charge in [-0.1, -0.05) is 25.4 Å². The summed E-state index contributed by atoms with van der Waals surface area (Å²) in [5.41, 5.74) is 2.02. The van der Waals surface area contributed by atoms with Crippen molar-refractivity contribution in [1.29, 1.82) is 0 Å². The number of carbonyl (C=O) groups is 1. The van der Waals surface area contributed by atoms with Gasteiger partial charge in [0.15, 0.2) is 0 Å². The van der Waals surface area contributed by atoms with E-state index in [-0.39, 0.29) is 5.91 Å². The number of anilines is 1. The Bertz CT molecular complexity index is 694. The molecule has 2 aromatic rings. The van der Waals surface area contributed by atoms with Crippen LogP contribution in [0.1, 0.15) is 25.3 Å². The quantitative estimate of drug-likeness (QED) is 0.855. The van der Waals surface area contributed by atoms with Crippen molar-refractivity contribution in [3.05, 3.63) is 29.2 Å². The summed E-state index contributed by atoms with van der Waals surface area (Å²) in [4.78, 5) is 20.1. The van der Waals surface area contributed by atoms with Gasteiger partial charge in [0.2, 0.25) is 5.91 Å². The molecule has 0 N–H and O–H groups in total. The number of amides is 1. The molecule has 5 nitrogen and oxygen atoms in total. The van der Waals surface area contributed by atoms with Gasteiger partial charge in [-0.15, -0.1) is 0 Å². The molecule has 2 aromatic heterocycles. The number of hydrogen-bond donors (Lipinski definition) is 0. The number of nitrogens with zero attached hydrogens (tertiary/aromatic N) is 4. The zero-order valence-electron chi connectivity index (χ0n) is 12.5. The highest BCUT2D eigenvalue weighted by molar-refractivity contribution is 6.34. The molecule has 21 heavy (non-hydrogen) atoms. The Balaban J connectivity index is 2.16. The van der Waals surface area contributed by atoms with E-state index in [0.29, 0.717) is 17.5 Å². The number of piperazine rings is 1. The van der Waals surface area contributed by atoms with Crippen molar-refractivity contribution in [3.63, 3.8) is 0 Å². The van der Waals surface area contributed by atoms with Crippen LogP contribution in [0.4, 0.5) is 5.82 Å². The lowest BCUT2D eigenvalue weighted by Gasteiger charge is -2.35. The molecule has 1 saturated heterocycles. The standard InChI is InChI=1S/C15H19ClN4O/c1-10(2)11-6-12(16)13-7-17-9-20(13)15(11)19-5-4-18(3)14(21)8-19/h6-7,9-10H,4-5,8H2,1-3H3. The second kappa shape index (κ2) is 5.22. The molecule has 1 aliphatic rings. The molecule has 3 rings (SSSR count). The number of aromatic nitrogens is 2. The van der Waals surface area contributed by atoms with E-state index in [0.717, 1.165) is 30.0 Å². The summed E-state index contributed by atoms with van der Waals surface area (Å²) < 4.78 is 2.00. The minimum atomic E-state index is 0.138. The number of carbonyl (C=O) groups excluding carboxylic acids is 1. The number of halogens is 1. The van der Waals surface area contributed by atoms with Crippen LogP contribution in [0.25, 0.3) is 5.52 Å². The van der Waals surface area contributed by atoms with Gasteiger partial charge in [0.25, 0.3) is 0 Å². The third kappa shape index (κ3) is 2.35. The molecule has 0 saturated carbocycles. The average Bonchev–Trinajstić information content (AvgIpc) is 2.91. The predicted octanol–water partition coefficient (Wildman–Crippen LogP) is 2.39. The average molecular weight is 307 g/mol. The lowest BCUT2D eigenvalue weighted by atomic mass is 10.0. The molecule has 0 aromatic carbocycles. The summed E-state index contributed by atoms with van der Waals surface area (Å²) in [6.45, 7) is 6.21. The first-order valence-electron chi connectivity index (χ1n) is 7.12. The van der Waals surface area contributed by atoms with Crippen molar-refractivity contribution in [2.45, 2.75) is 19.8 Å². The molecule has 6 heteroatoms. The van der Waals surface area contributed by atoms with E-state index in [9.17, 15) is 4.79 Å². The summed E-state index contributed by atoms with van der Waals surface area (Å²) in [5, 5.41) is 0.695. The molecule has 3 heterocycles. The minimum Gasteiger partial charge on any atom is -0.346 e. The fourth-order valence-electron chi connectivity index (χ4n) is 2.75. The Morgan fingerprint density at radius 1 is 1.33 bits per heavy atom. The molecule has 1 amide bonds. The van der Waals surface area contributed by atoms with Gasteiger partial charge in [-0.05, 0) is 17.5 Å². The maximum Gasteiger partial charge on any atom is 0.241 e. The zero-order valence-corrected chi connectivity index (χ0v) is 13.3. The molecule has 0 bridgehead atoms. The highest BCUT2D eigenvalue weighted by Gasteiger charge is 2.26. The van der Waals surface area contributed by atoms with Gasteiger partial charge >= 0.3 is 0 Å². The lowest BCUT2D eigenvalue weighted by Crippen LogP contribution is -2.49. The Morgan fingerprint density at radius 2 is 2.10 bits per heavy atom. The third-order valence-corrected chi connectivity index (χ3v) is 4.33. The number of pyridine rings is 1. The van der Waals surface area contributed by atoms with E-state index >= 15 is 0 Å². The maximum atomic E-state index is 12.0. The largest absolute Gasteiger partial charge is 0.346 e. The maximum absolute atomic E-state index is 12.0. The van der Waals surface area contributed by atoms with Crippen LogP contribution in [0.5, 0.6) is 0 Å². The van der Waals surface area contributed by atoms with Gasteiger partial charge in [0.05, 0.1) is 23.3 Å². The first-order chi connectivity index (χ1) is 9.99. The van der Waals surface area contributed by atoms with Gasteiger partial charge in [0.1, 0.15) is 12.1 Å². The SMILES string of the molecule is CC(C)c1cc(Cl)c2cncn2c1N1CCN(C)C(=O)C1. The third-order valence-electron chi connectivity index (χ3n) is 4.03. The van der Waals surface area contributed by atoms with Gasteiger partial charge in [-0.25, -0.2) is 4.98 Å². The van der Waals surface area contributed by atoms with Crippen LogP contribution in [-0.4, -0.2) is 46.9 Å². The lowest BCUT2D eigenvalue weighted by molar-refractivity contribution is -0.129. The Labute approximate surface area is 129 Å². The predicted molar refractivity (Wildman–Crippen MR) is 84.1 cm³/mol. The second-order valence-electron chi connectivity index (χ2n) is 5.81. The van der Waals surface area contributed by atoms with E-state index in [1.807, 2.05) is 17.5 Å². The van der Waals surface area contributed by atoms with Crippen molar-refractivity contribution in [2.75, 3.05) is 31.6 Å². The van der Waals surface area contributed by atoms with Crippen molar-refractivity contribution in [3.8, 4) is 0 Å². The van der Waals surface area contributed by atoms with E-state index < -0.39 is 0 Å². The highest BCUT2D eigenvalue weighted by Crippen LogP contribution is 2.33. The van der Waals surface area contributed by atoms with Crippen LogP contribution in [0.2, 0.25) is 5.02 Å². The Kier molecular flexibility index (Phi) is 3.53. The van der Waals surface area contributed by atoms with Crippen molar-refractivity contribution < 1.29 is 4.79 Å². The van der Waals surface area contributed by atoms with Crippen molar-refractivity contribution >= 4 is 28.8 Å². The molecule has 0 spiro atoms. The van der Waals surface area contributed by atoms with Crippen LogP contribution < -0.4 is 4.90 Å². The number of hydrogen-bond acceptors (Lipinski definition) is 3. The van der Waals surface area contributed by atoms with Crippen LogP contribution >= 0.6 is 11.6 Å². The molecular formula is C15H19ClN4O. The normalized spacial score (nSPS) is 16.3. The van der Waals surface area contributed by atoms with Crippen molar-refractivity contribution in [1.82, 2.24) is 14.3 Å². The fourth-order valence-corrected chi connectivity index (χ4v) is 3.01. The molecule has 112 valence electrons. The highest BCUT2D eigenvalue weighted by atomic mass is 35.5. The molecule has 1 aliphatic heterocycles. The molecule has 0 aliphatic carbocycles. The monoisotopic (exact) mass is 306 g/mol. The van der Waals surface area contributed by atoms with Crippen LogP contribution in [0, 0.1) is 0 Å². The smallest absolute Gasteiger partial charge is 0.241 e. The summed E-state index contributed by atoms with van der Waals surface area (Å²) >= 11 is 6.36. The van der Waals surface area contributed by atoms with Crippen molar-refractivity contribution in [2.24, 2.45) is 0 Å². The molecule has 1 fully saturated rings. The first-order valence-corrected chi connectivity index (χ1v) is 7.50. The van der Waals surface area contributed by atoms with E-state index in [4.69, 9.17) is 11.6 Å². The molecule has 0 unspecified atom stereocenters. The van der Waals surface area contributed by atoms with Crippen LogP contribution in [0.3, 0.4) is 0 Å². The van der Waals surface area contributed by atoms with Crippen LogP contribution in [-0.2, 0) is 4.79 Å². The van der Waals surface area contributed by atoms with Gasteiger partial charge in [0, 0.05) is 20.1 Å². The number of rotatable bonds is 2. The van der Waals surface area contributed by atoms with E-state index in [1.165, 1.54) is 0 Å². The van der Waals surface area contributed by atoms with E-state index in [1.54, 1.807) is 17.4 Å². The summed E-state index contributed by atoms with van der Waals surface area (Å²) in [6, 6.07) is 2.00. The van der Waals surface area contributed by atoms with Gasteiger partial charge in [-0.3, -0.25) is 9.20 Å². The Hall–Kier alpha value is -1.75. The molecular weight excluding hydrogens is 288 g/mol.